The Hall–Kier alpha value is -0.860. The molecule has 0 bridgehead atoms. The van der Waals surface area contributed by atoms with Gasteiger partial charge in [0.2, 0.25) is 0 Å². The fourth-order valence-corrected chi connectivity index (χ4v) is 2.90. The van der Waals surface area contributed by atoms with Crippen molar-refractivity contribution in [3.05, 3.63) is 35.4 Å². The van der Waals surface area contributed by atoms with Crippen LogP contribution in [-0.2, 0) is 10.3 Å². The van der Waals surface area contributed by atoms with E-state index >= 15 is 0 Å². The number of piperidine rings is 1. The molecule has 1 unspecified atom stereocenters. The van der Waals surface area contributed by atoms with Gasteiger partial charge in [-0.3, -0.25) is 0 Å². The molecule has 1 aliphatic heterocycles. The van der Waals surface area contributed by atoms with Crippen LogP contribution in [0, 0.1) is 0 Å². The quantitative estimate of drug-likeness (QED) is 0.863. The van der Waals surface area contributed by atoms with Crippen LogP contribution < -0.4 is 5.32 Å². The fourth-order valence-electron chi connectivity index (χ4n) is 2.90. The smallest absolute Gasteiger partial charge is 0.0930 e. The predicted molar refractivity (Wildman–Crippen MR) is 69.0 cm³/mol. The monoisotopic (exact) mass is 231 g/mol. The first-order valence-electron chi connectivity index (χ1n) is 6.73. The van der Waals surface area contributed by atoms with E-state index in [1.807, 2.05) is 7.11 Å². The molecule has 0 aromatic heterocycles. The minimum Gasteiger partial charge on any atom is -0.374 e. The molecule has 2 nitrogen and oxygen atoms in total. The summed E-state index contributed by atoms with van der Waals surface area (Å²) in [7, 11) is 1.83. The highest BCUT2D eigenvalue weighted by molar-refractivity contribution is 5.33. The van der Waals surface area contributed by atoms with E-state index in [2.05, 4.69) is 29.6 Å². The number of nitrogens with one attached hydrogen (secondary N) is 1. The van der Waals surface area contributed by atoms with Crippen LogP contribution in [0.2, 0.25) is 0 Å². The van der Waals surface area contributed by atoms with Crippen molar-refractivity contribution < 1.29 is 4.74 Å². The topological polar surface area (TPSA) is 21.3 Å². The van der Waals surface area contributed by atoms with E-state index in [0.29, 0.717) is 6.04 Å². The van der Waals surface area contributed by atoms with Gasteiger partial charge in [-0.2, -0.15) is 0 Å². The van der Waals surface area contributed by atoms with Crippen molar-refractivity contribution in [1.29, 1.82) is 0 Å². The van der Waals surface area contributed by atoms with Crippen molar-refractivity contribution in [2.45, 2.75) is 43.7 Å². The van der Waals surface area contributed by atoms with Crippen LogP contribution in [0.3, 0.4) is 0 Å². The van der Waals surface area contributed by atoms with Crippen molar-refractivity contribution in [3.8, 4) is 0 Å². The van der Waals surface area contributed by atoms with Gasteiger partial charge in [-0.1, -0.05) is 30.7 Å². The Labute approximate surface area is 103 Å². The molecule has 0 spiro atoms. The van der Waals surface area contributed by atoms with Crippen molar-refractivity contribution in [1.82, 2.24) is 5.32 Å². The number of hydrogen-bond donors (Lipinski definition) is 1. The molecular weight excluding hydrogens is 210 g/mol. The van der Waals surface area contributed by atoms with Gasteiger partial charge in [-0.05, 0) is 43.4 Å². The molecule has 1 saturated carbocycles. The normalized spacial score (nSPS) is 26.8. The molecule has 1 aliphatic carbocycles. The van der Waals surface area contributed by atoms with E-state index in [0.717, 1.165) is 6.54 Å². The third-order valence-electron chi connectivity index (χ3n) is 4.22. The van der Waals surface area contributed by atoms with Crippen LogP contribution in [0.25, 0.3) is 0 Å². The second-order valence-electron chi connectivity index (χ2n) is 5.33. The summed E-state index contributed by atoms with van der Waals surface area (Å²) in [6.07, 6.45) is 6.27. The van der Waals surface area contributed by atoms with Crippen LogP contribution in [0.4, 0.5) is 0 Å². The highest BCUT2D eigenvalue weighted by Gasteiger charge is 2.44. The number of rotatable bonds is 3. The summed E-state index contributed by atoms with van der Waals surface area (Å²) < 4.78 is 5.66. The molecule has 17 heavy (non-hydrogen) atoms. The summed E-state index contributed by atoms with van der Waals surface area (Å²) in [6, 6.07) is 9.54. The second-order valence-corrected chi connectivity index (χ2v) is 5.33. The minimum absolute atomic E-state index is 0.0463. The van der Waals surface area contributed by atoms with E-state index in [4.69, 9.17) is 4.74 Å². The molecule has 1 heterocycles. The van der Waals surface area contributed by atoms with Gasteiger partial charge >= 0.3 is 0 Å². The van der Waals surface area contributed by atoms with Crippen molar-refractivity contribution >= 4 is 0 Å². The molecule has 2 aliphatic rings. The van der Waals surface area contributed by atoms with E-state index in [9.17, 15) is 0 Å². The number of methoxy groups -OCH3 is 1. The maximum atomic E-state index is 5.66. The van der Waals surface area contributed by atoms with E-state index in [1.165, 1.54) is 43.2 Å². The van der Waals surface area contributed by atoms with Crippen LogP contribution in [0.1, 0.15) is 49.3 Å². The average molecular weight is 231 g/mol. The van der Waals surface area contributed by atoms with Crippen molar-refractivity contribution in [2.24, 2.45) is 0 Å². The van der Waals surface area contributed by atoms with E-state index < -0.39 is 0 Å². The average Bonchev–Trinajstić information content (AvgIpc) is 3.21. The van der Waals surface area contributed by atoms with Gasteiger partial charge in [0.05, 0.1) is 5.60 Å². The second kappa shape index (κ2) is 4.43. The van der Waals surface area contributed by atoms with Crippen LogP contribution in [-0.4, -0.2) is 13.7 Å². The van der Waals surface area contributed by atoms with Gasteiger partial charge < -0.3 is 10.1 Å². The Morgan fingerprint density at radius 3 is 2.82 bits per heavy atom. The summed E-state index contributed by atoms with van der Waals surface area (Å²) in [5.74, 6) is 0. The molecular formula is C15H21NO. The highest BCUT2D eigenvalue weighted by Crippen LogP contribution is 2.49. The lowest BCUT2D eigenvalue weighted by atomic mass is 9.94. The highest BCUT2D eigenvalue weighted by atomic mass is 16.5. The van der Waals surface area contributed by atoms with Crippen LogP contribution in [0.5, 0.6) is 0 Å². The summed E-state index contributed by atoms with van der Waals surface area (Å²) >= 11 is 0. The standard InChI is InChI=1S/C15H21NO/c1-17-15(8-9-15)13-6-4-5-12(11-13)14-7-2-3-10-16-14/h4-6,11,14,16H,2-3,7-10H2,1H3. The summed E-state index contributed by atoms with van der Waals surface area (Å²) in [4.78, 5) is 0. The zero-order chi connectivity index (χ0) is 11.7. The van der Waals surface area contributed by atoms with Gasteiger partial charge in [0.1, 0.15) is 0 Å². The Kier molecular flexibility index (Phi) is 2.93. The number of benzene rings is 1. The third kappa shape index (κ3) is 2.12. The first kappa shape index (κ1) is 11.2. The van der Waals surface area contributed by atoms with Gasteiger partial charge in [0.15, 0.2) is 0 Å². The molecule has 1 aromatic rings. The molecule has 1 N–H and O–H groups in total. The van der Waals surface area contributed by atoms with Gasteiger partial charge in [-0.15, -0.1) is 0 Å². The Balaban J connectivity index is 1.83. The van der Waals surface area contributed by atoms with Crippen molar-refractivity contribution in [3.63, 3.8) is 0 Å². The van der Waals surface area contributed by atoms with E-state index in [1.54, 1.807) is 0 Å². The number of hydrogen-bond acceptors (Lipinski definition) is 2. The summed E-state index contributed by atoms with van der Waals surface area (Å²) in [6.45, 7) is 1.16. The lowest BCUT2D eigenvalue weighted by molar-refractivity contribution is 0.0788. The first-order valence-corrected chi connectivity index (χ1v) is 6.73. The van der Waals surface area contributed by atoms with E-state index in [-0.39, 0.29) is 5.60 Å². The zero-order valence-corrected chi connectivity index (χ0v) is 10.5. The molecule has 0 amide bonds. The maximum absolute atomic E-state index is 5.66. The molecule has 92 valence electrons. The first-order chi connectivity index (χ1) is 8.34. The summed E-state index contributed by atoms with van der Waals surface area (Å²) in [5.41, 5.74) is 2.85. The minimum atomic E-state index is 0.0463. The molecule has 1 aromatic carbocycles. The predicted octanol–water partition coefficient (Wildman–Crippen LogP) is 3.14. The van der Waals surface area contributed by atoms with Gasteiger partial charge in [-0.25, -0.2) is 0 Å². The lowest BCUT2D eigenvalue weighted by Gasteiger charge is -2.25. The Bertz CT molecular complexity index is 392. The Morgan fingerprint density at radius 1 is 1.29 bits per heavy atom. The maximum Gasteiger partial charge on any atom is 0.0930 e. The lowest BCUT2D eigenvalue weighted by Crippen LogP contribution is -2.27. The molecule has 0 radical (unpaired) electrons. The van der Waals surface area contributed by atoms with Crippen molar-refractivity contribution in [2.75, 3.05) is 13.7 Å². The molecule has 3 rings (SSSR count). The third-order valence-corrected chi connectivity index (χ3v) is 4.22. The Morgan fingerprint density at radius 2 is 2.18 bits per heavy atom. The SMILES string of the molecule is COC1(c2cccc(C3CCCCN3)c2)CC1. The zero-order valence-electron chi connectivity index (χ0n) is 10.5. The molecule has 1 saturated heterocycles. The molecule has 2 heteroatoms. The van der Waals surface area contributed by atoms with Crippen LogP contribution >= 0.6 is 0 Å². The summed E-state index contributed by atoms with van der Waals surface area (Å²) in [5, 5.41) is 3.61. The fraction of sp³-hybridized carbons (Fsp3) is 0.600. The van der Waals surface area contributed by atoms with Gasteiger partial charge in [0.25, 0.3) is 0 Å². The van der Waals surface area contributed by atoms with Crippen LogP contribution in [0.15, 0.2) is 24.3 Å². The largest absolute Gasteiger partial charge is 0.374 e. The number of ether oxygens (including phenoxy) is 1. The molecule has 1 atom stereocenters. The molecule has 2 fully saturated rings. The van der Waals surface area contributed by atoms with Gasteiger partial charge in [0, 0.05) is 13.2 Å².